The van der Waals surface area contributed by atoms with Gasteiger partial charge >= 0.3 is 0 Å². The largest absolute Gasteiger partial charge is 0.380 e. The molecule has 0 heterocycles. The van der Waals surface area contributed by atoms with Crippen molar-refractivity contribution >= 4 is 11.8 Å². The van der Waals surface area contributed by atoms with E-state index in [9.17, 15) is 9.59 Å². The van der Waals surface area contributed by atoms with E-state index in [0.29, 0.717) is 32.7 Å². The van der Waals surface area contributed by atoms with Crippen molar-refractivity contribution < 1.29 is 14.3 Å². The molecule has 9 nitrogen and oxygen atoms in total. The van der Waals surface area contributed by atoms with E-state index in [1.165, 1.54) is 4.90 Å². The van der Waals surface area contributed by atoms with Crippen LogP contribution in [0.2, 0.25) is 0 Å². The summed E-state index contributed by atoms with van der Waals surface area (Å²) in [5.41, 5.74) is 13.0. The van der Waals surface area contributed by atoms with Crippen molar-refractivity contribution in [3.8, 4) is 0 Å². The van der Waals surface area contributed by atoms with Crippen molar-refractivity contribution in [3.63, 3.8) is 0 Å². The Bertz CT molecular complexity index is 486. The predicted octanol–water partition coefficient (Wildman–Crippen LogP) is 1.29. The third kappa shape index (κ3) is 9.91. The first-order valence-corrected chi connectivity index (χ1v) is 8.36. The number of carbonyl (C=O) groups excluding carboxylic acids is 2. The summed E-state index contributed by atoms with van der Waals surface area (Å²) >= 11 is 0. The van der Waals surface area contributed by atoms with Gasteiger partial charge in [-0.05, 0) is 32.3 Å². The van der Waals surface area contributed by atoms with E-state index in [2.05, 4.69) is 15.3 Å². The summed E-state index contributed by atoms with van der Waals surface area (Å²) in [6.07, 6.45) is 0.559. The van der Waals surface area contributed by atoms with Crippen LogP contribution in [0.4, 0.5) is 0 Å². The summed E-state index contributed by atoms with van der Waals surface area (Å²) < 4.78 is 5.67. The smallest absolute Gasteiger partial charge is 0.239 e. The van der Waals surface area contributed by atoms with Gasteiger partial charge in [0.15, 0.2) is 0 Å². The van der Waals surface area contributed by atoms with Crippen LogP contribution < -0.4 is 11.1 Å². The molecule has 0 aliphatic carbocycles. The zero-order valence-corrected chi connectivity index (χ0v) is 16.0. The van der Waals surface area contributed by atoms with Crippen LogP contribution in [-0.4, -0.2) is 63.2 Å². The van der Waals surface area contributed by atoms with Crippen LogP contribution in [0, 0.1) is 10.8 Å². The maximum Gasteiger partial charge on any atom is 0.239 e. The second kappa shape index (κ2) is 10.9. The Morgan fingerprint density at radius 3 is 2.48 bits per heavy atom. The van der Waals surface area contributed by atoms with E-state index in [1.54, 1.807) is 20.9 Å². The van der Waals surface area contributed by atoms with Crippen LogP contribution >= 0.6 is 0 Å². The van der Waals surface area contributed by atoms with E-state index in [1.807, 2.05) is 13.8 Å². The first-order valence-electron chi connectivity index (χ1n) is 8.36. The minimum atomic E-state index is -0.735. The molecule has 0 aromatic rings. The standard InChI is InChI=1S/C16H32N6O3/c1-15(2,10-17)11-25-12-16(3,4)14(24)22(5)9-13(23)19-7-6-8-20-21-18/h6-12,17H2,1-5H3,(H,19,23). The lowest BCUT2D eigenvalue weighted by atomic mass is 9.92. The number of nitrogens with one attached hydrogen (secondary N) is 1. The summed E-state index contributed by atoms with van der Waals surface area (Å²) in [6, 6.07) is 0. The second-order valence-corrected chi connectivity index (χ2v) is 7.56. The Morgan fingerprint density at radius 1 is 1.28 bits per heavy atom. The van der Waals surface area contributed by atoms with Gasteiger partial charge in [0.1, 0.15) is 0 Å². The molecular formula is C16H32N6O3. The first-order chi connectivity index (χ1) is 11.6. The average molecular weight is 356 g/mol. The molecule has 0 atom stereocenters. The quantitative estimate of drug-likeness (QED) is 0.236. The fraction of sp³-hybridized carbons (Fsp3) is 0.875. The molecule has 0 aromatic heterocycles. The Morgan fingerprint density at radius 2 is 1.92 bits per heavy atom. The lowest BCUT2D eigenvalue weighted by Crippen LogP contribution is -2.46. The van der Waals surface area contributed by atoms with Crippen molar-refractivity contribution in [3.05, 3.63) is 10.4 Å². The van der Waals surface area contributed by atoms with Crippen LogP contribution in [0.15, 0.2) is 5.11 Å². The number of hydrogen-bond acceptors (Lipinski definition) is 5. The lowest BCUT2D eigenvalue weighted by molar-refractivity contribution is -0.145. The molecule has 0 spiro atoms. The summed E-state index contributed by atoms with van der Waals surface area (Å²) in [7, 11) is 1.59. The highest BCUT2D eigenvalue weighted by atomic mass is 16.5. The molecule has 9 heteroatoms. The molecule has 25 heavy (non-hydrogen) atoms. The summed E-state index contributed by atoms with van der Waals surface area (Å²) in [6.45, 7) is 9.51. The Hall–Kier alpha value is -1.83. The topological polar surface area (TPSA) is 133 Å². The highest BCUT2D eigenvalue weighted by Crippen LogP contribution is 2.21. The summed E-state index contributed by atoms with van der Waals surface area (Å²) in [5, 5.41) is 6.07. The molecule has 0 aliphatic heterocycles. The highest BCUT2D eigenvalue weighted by Gasteiger charge is 2.32. The third-order valence-electron chi connectivity index (χ3n) is 3.64. The number of azide groups is 1. The van der Waals surface area contributed by atoms with E-state index in [0.717, 1.165) is 0 Å². The number of nitrogens with zero attached hydrogens (tertiary/aromatic N) is 4. The van der Waals surface area contributed by atoms with Crippen molar-refractivity contribution in [1.29, 1.82) is 0 Å². The van der Waals surface area contributed by atoms with E-state index < -0.39 is 5.41 Å². The van der Waals surface area contributed by atoms with Crippen LogP contribution in [0.1, 0.15) is 34.1 Å². The van der Waals surface area contributed by atoms with Gasteiger partial charge in [0.25, 0.3) is 0 Å². The number of rotatable bonds is 12. The number of hydrogen-bond donors (Lipinski definition) is 2. The van der Waals surface area contributed by atoms with Crippen LogP contribution in [0.5, 0.6) is 0 Å². The van der Waals surface area contributed by atoms with E-state index in [-0.39, 0.29) is 30.4 Å². The zero-order chi connectivity index (χ0) is 19.5. The maximum absolute atomic E-state index is 12.5. The molecular weight excluding hydrogens is 324 g/mol. The highest BCUT2D eigenvalue weighted by molar-refractivity contribution is 5.87. The maximum atomic E-state index is 12.5. The predicted molar refractivity (Wildman–Crippen MR) is 96.7 cm³/mol. The third-order valence-corrected chi connectivity index (χ3v) is 3.64. The Kier molecular flexibility index (Phi) is 10.1. The normalized spacial score (nSPS) is 11.6. The van der Waals surface area contributed by atoms with Gasteiger partial charge in [-0.2, -0.15) is 0 Å². The molecule has 3 N–H and O–H groups in total. The SMILES string of the molecule is CN(CC(=O)NCCCN=[N+]=[N-])C(=O)C(C)(C)COCC(C)(C)CN. The van der Waals surface area contributed by atoms with Crippen LogP contribution in [-0.2, 0) is 14.3 Å². The van der Waals surface area contributed by atoms with Crippen molar-refractivity contribution in [2.75, 3.05) is 46.4 Å². The van der Waals surface area contributed by atoms with Crippen molar-refractivity contribution in [1.82, 2.24) is 10.2 Å². The van der Waals surface area contributed by atoms with Crippen molar-refractivity contribution in [2.45, 2.75) is 34.1 Å². The average Bonchev–Trinajstić information content (AvgIpc) is 2.53. The summed E-state index contributed by atoms with van der Waals surface area (Å²) in [4.78, 5) is 28.4. The van der Waals surface area contributed by atoms with Gasteiger partial charge in [0, 0.05) is 30.5 Å². The van der Waals surface area contributed by atoms with Gasteiger partial charge in [-0.25, -0.2) is 0 Å². The van der Waals surface area contributed by atoms with Gasteiger partial charge in [0.2, 0.25) is 11.8 Å². The van der Waals surface area contributed by atoms with Gasteiger partial charge in [-0.1, -0.05) is 19.0 Å². The summed E-state index contributed by atoms with van der Waals surface area (Å²) in [5.74, 6) is -0.417. The Balaban J connectivity index is 4.31. The first kappa shape index (κ1) is 23.2. The molecule has 144 valence electrons. The molecule has 0 aromatic carbocycles. The lowest BCUT2D eigenvalue weighted by Gasteiger charge is -2.30. The molecule has 0 bridgehead atoms. The van der Waals surface area contributed by atoms with Crippen molar-refractivity contribution in [2.24, 2.45) is 21.7 Å². The minimum Gasteiger partial charge on any atom is -0.380 e. The minimum absolute atomic E-state index is 0.0297. The molecule has 0 saturated carbocycles. The molecule has 0 aliphatic rings. The molecule has 0 unspecified atom stereocenters. The Labute approximate surface area is 149 Å². The fourth-order valence-electron chi connectivity index (χ4n) is 1.99. The molecule has 0 rings (SSSR count). The second-order valence-electron chi connectivity index (χ2n) is 7.56. The fourth-order valence-corrected chi connectivity index (χ4v) is 1.99. The van der Waals surface area contributed by atoms with Gasteiger partial charge in [-0.3, -0.25) is 9.59 Å². The number of likely N-dealkylation sites (N-methyl/N-ethyl adjacent to an activating group) is 1. The number of carbonyl (C=O) groups is 2. The zero-order valence-electron chi connectivity index (χ0n) is 16.0. The molecule has 0 fully saturated rings. The van der Waals surface area contributed by atoms with Crippen LogP contribution in [0.3, 0.4) is 0 Å². The van der Waals surface area contributed by atoms with E-state index in [4.69, 9.17) is 16.0 Å². The van der Waals surface area contributed by atoms with Crippen LogP contribution in [0.25, 0.3) is 10.4 Å². The molecule has 2 amide bonds. The molecule has 0 saturated heterocycles. The monoisotopic (exact) mass is 356 g/mol. The van der Waals surface area contributed by atoms with Gasteiger partial charge in [0.05, 0.1) is 25.2 Å². The molecule has 0 radical (unpaired) electrons. The van der Waals surface area contributed by atoms with Gasteiger partial charge in [-0.15, -0.1) is 0 Å². The number of ether oxygens (including phenoxy) is 1. The number of amides is 2. The number of nitrogens with two attached hydrogens (primary N) is 1. The van der Waals surface area contributed by atoms with Gasteiger partial charge < -0.3 is 20.7 Å². The van der Waals surface area contributed by atoms with E-state index >= 15 is 0 Å².